The predicted molar refractivity (Wildman–Crippen MR) is 90.3 cm³/mol. The molecule has 4 heterocycles. The lowest BCUT2D eigenvalue weighted by atomic mass is 9.88. The minimum atomic E-state index is -0.252. The van der Waals surface area contributed by atoms with Crippen LogP contribution in [0, 0.1) is 18.3 Å². The van der Waals surface area contributed by atoms with Crippen LogP contribution < -0.4 is 10.5 Å². The molecule has 1 aliphatic heterocycles. The molecule has 0 radical (unpaired) electrons. The Morgan fingerprint density at radius 1 is 1.39 bits per heavy atom. The molecule has 5 nitrogen and oxygen atoms in total. The largest absolute Gasteiger partial charge is 0.420 e. The molecule has 4 rings (SSSR count). The van der Waals surface area contributed by atoms with Crippen molar-refractivity contribution in [1.82, 2.24) is 10.2 Å². The summed E-state index contributed by atoms with van der Waals surface area (Å²) in [6.07, 6.45) is 0. The maximum atomic E-state index is 9.59. The van der Waals surface area contributed by atoms with Gasteiger partial charge in [-0.2, -0.15) is 5.26 Å². The van der Waals surface area contributed by atoms with Crippen LogP contribution in [0.2, 0.25) is 0 Å². The number of aromatic amines is 1. The van der Waals surface area contributed by atoms with Crippen molar-refractivity contribution in [2.45, 2.75) is 12.8 Å². The zero-order valence-corrected chi connectivity index (χ0v) is 13.8. The zero-order valence-electron chi connectivity index (χ0n) is 12.2. The quantitative estimate of drug-likeness (QED) is 0.744. The first kappa shape index (κ1) is 14.1. The van der Waals surface area contributed by atoms with Crippen molar-refractivity contribution in [3.63, 3.8) is 0 Å². The summed E-state index contributed by atoms with van der Waals surface area (Å²) < 4.78 is 5.57. The number of rotatable bonds is 2. The second-order valence-electron chi connectivity index (χ2n) is 5.17. The second-order valence-corrected chi connectivity index (χ2v) is 7.44. The molecule has 0 aliphatic carbocycles. The van der Waals surface area contributed by atoms with Gasteiger partial charge in [0.05, 0.1) is 22.1 Å². The van der Waals surface area contributed by atoms with Crippen molar-refractivity contribution in [2.75, 3.05) is 0 Å². The van der Waals surface area contributed by atoms with Gasteiger partial charge in [-0.05, 0) is 30.5 Å². The zero-order chi connectivity index (χ0) is 16.0. The fraction of sp³-hybridized carbons (Fsp3) is 0.125. The molecule has 1 atom stereocenters. The van der Waals surface area contributed by atoms with E-state index in [9.17, 15) is 5.26 Å². The van der Waals surface area contributed by atoms with E-state index in [-0.39, 0.29) is 11.8 Å². The van der Waals surface area contributed by atoms with E-state index in [1.165, 1.54) is 4.88 Å². The number of allylic oxidation sites excluding steroid dienone is 1. The number of aryl methyl sites for hydroxylation is 1. The highest BCUT2D eigenvalue weighted by molar-refractivity contribution is 7.13. The highest BCUT2D eigenvalue weighted by Crippen LogP contribution is 2.47. The number of hydrogen-bond acceptors (Lipinski definition) is 6. The Hall–Kier alpha value is -2.56. The van der Waals surface area contributed by atoms with Crippen LogP contribution in [-0.2, 0) is 0 Å². The number of ether oxygens (including phenoxy) is 1. The third kappa shape index (κ3) is 2.15. The van der Waals surface area contributed by atoms with Gasteiger partial charge >= 0.3 is 0 Å². The molecule has 0 aromatic carbocycles. The molecule has 1 aliphatic rings. The average Bonchev–Trinajstić information content (AvgIpc) is 3.25. The molecule has 0 amide bonds. The molecule has 3 N–H and O–H groups in total. The summed E-state index contributed by atoms with van der Waals surface area (Å²) in [4.78, 5) is 3.30. The molecular formula is C16H12N4OS2. The third-order valence-electron chi connectivity index (χ3n) is 3.75. The predicted octanol–water partition coefficient (Wildman–Crippen LogP) is 3.73. The van der Waals surface area contributed by atoms with Crippen molar-refractivity contribution in [3.8, 4) is 22.5 Å². The molecule has 0 fully saturated rings. The molecule has 0 bridgehead atoms. The van der Waals surface area contributed by atoms with E-state index in [1.54, 1.807) is 22.7 Å². The Balaban J connectivity index is 1.96. The standard InChI is InChI=1S/C16H12N4OS2/c1-8-4-5-10(23-8)12-9(7-17)15(18)21-16-13(12)14(19-20-16)11-3-2-6-22-11/h2-6,12H,18H2,1H3,(H,19,20)/t12-/m0/s1. The maximum Gasteiger partial charge on any atom is 0.244 e. The lowest BCUT2D eigenvalue weighted by molar-refractivity contribution is 0.379. The fourth-order valence-electron chi connectivity index (χ4n) is 2.75. The number of nitriles is 1. The molecule has 3 aromatic heterocycles. The van der Waals surface area contributed by atoms with Gasteiger partial charge in [-0.1, -0.05) is 6.07 Å². The maximum absolute atomic E-state index is 9.59. The van der Waals surface area contributed by atoms with Crippen LogP contribution in [0.5, 0.6) is 5.88 Å². The smallest absolute Gasteiger partial charge is 0.244 e. The van der Waals surface area contributed by atoms with Crippen LogP contribution in [0.4, 0.5) is 0 Å². The SMILES string of the molecule is Cc1ccc([C@@H]2C(C#N)=C(N)Oc3n[nH]c(-c4cccs4)c32)s1. The monoisotopic (exact) mass is 340 g/mol. The fourth-order valence-corrected chi connectivity index (χ4v) is 4.48. The molecule has 114 valence electrons. The van der Waals surface area contributed by atoms with Crippen molar-refractivity contribution in [2.24, 2.45) is 5.73 Å². The summed E-state index contributed by atoms with van der Waals surface area (Å²) in [6, 6.07) is 10.3. The van der Waals surface area contributed by atoms with Crippen LogP contribution in [0.15, 0.2) is 41.1 Å². The van der Waals surface area contributed by atoms with Gasteiger partial charge in [-0.3, -0.25) is 5.10 Å². The number of fused-ring (bicyclic) bond motifs is 1. The summed E-state index contributed by atoms with van der Waals surface area (Å²) in [6.45, 7) is 2.04. The number of aromatic nitrogens is 2. The van der Waals surface area contributed by atoms with E-state index in [0.29, 0.717) is 11.5 Å². The summed E-state index contributed by atoms with van der Waals surface area (Å²) in [5.41, 5.74) is 8.14. The van der Waals surface area contributed by atoms with Gasteiger partial charge in [0, 0.05) is 9.75 Å². The van der Waals surface area contributed by atoms with Gasteiger partial charge in [0.1, 0.15) is 11.6 Å². The topological polar surface area (TPSA) is 87.7 Å². The van der Waals surface area contributed by atoms with Crippen LogP contribution in [0.1, 0.15) is 21.2 Å². The summed E-state index contributed by atoms with van der Waals surface area (Å²) in [7, 11) is 0. The lowest BCUT2D eigenvalue weighted by Gasteiger charge is -2.22. The van der Waals surface area contributed by atoms with Crippen LogP contribution in [0.3, 0.4) is 0 Å². The van der Waals surface area contributed by atoms with Gasteiger partial charge in [0.25, 0.3) is 0 Å². The van der Waals surface area contributed by atoms with Crippen molar-refractivity contribution in [1.29, 1.82) is 5.26 Å². The molecule has 3 aromatic rings. The molecule has 0 saturated carbocycles. The Bertz CT molecular complexity index is 943. The van der Waals surface area contributed by atoms with Crippen molar-refractivity contribution < 1.29 is 4.74 Å². The van der Waals surface area contributed by atoms with Gasteiger partial charge in [0.15, 0.2) is 0 Å². The van der Waals surface area contributed by atoms with Crippen molar-refractivity contribution in [3.05, 3.63) is 56.4 Å². The number of nitrogens with one attached hydrogen (secondary N) is 1. The van der Waals surface area contributed by atoms with Gasteiger partial charge in [-0.15, -0.1) is 27.8 Å². The van der Waals surface area contributed by atoms with Crippen LogP contribution in [-0.4, -0.2) is 10.2 Å². The van der Waals surface area contributed by atoms with Crippen LogP contribution >= 0.6 is 22.7 Å². The molecule has 0 saturated heterocycles. The Kier molecular flexibility index (Phi) is 3.22. The van der Waals surface area contributed by atoms with Gasteiger partial charge < -0.3 is 10.5 Å². The molecule has 0 unspecified atom stereocenters. The number of nitrogens with two attached hydrogens (primary N) is 1. The minimum Gasteiger partial charge on any atom is -0.420 e. The van der Waals surface area contributed by atoms with E-state index in [4.69, 9.17) is 10.5 Å². The Morgan fingerprint density at radius 3 is 2.91 bits per heavy atom. The van der Waals surface area contributed by atoms with E-state index in [2.05, 4.69) is 16.3 Å². The lowest BCUT2D eigenvalue weighted by Crippen LogP contribution is -2.20. The summed E-state index contributed by atoms with van der Waals surface area (Å²) >= 11 is 3.27. The van der Waals surface area contributed by atoms with E-state index in [0.717, 1.165) is 21.0 Å². The highest BCUT2D eigenvalue weighted by Gasteiger charge is 2.36. The van der Waals surface area contributed by atoms with Crippen molar-refractivity contribution >= 4 is 22.7 Å². The minimum absolute atomic E-state index is 0.125. The molecule has 23 heavy (non-hydrogen) atoms. The summed E-state index contributed by atoms with van der Waals surface area (Å²) in [5, 5.41) is 18.9. The second kappa shape index (κ2) is 5.26. The number of hydrogen-bond donors (Lipinski definition) is 2. The molecule has 7 heteroatoms. The van der Waals surface area contributed by atoms with Gasteiger partial charge in [0.2, 0.25) is 11.8 Å². The third-order valence-corrected chi connectivity index (χ3v) is 5.71. The summed E-state index contributed by atoms with van der Waals surface area (Å²) in [5.74, 6) is 0.319. The van der Waals surface area contributed by atoms with E-state index < -0.39 is 0 Å². The first-order valence-electron chi connectivity index (χ1n) is 6.95. The Morgan fingerprint density at radius 2 is 2.26 bits per heavy atom. The number of thiophene rings is 2. The number of nitrogens with zero attached hydrogens (tertiary/aromatic N) is 2. The average molecular weight is 340 g/mol. The normalized spacial score (nSPS) is 16.8. The van der Waals surface area contributed by atoms with Gasteiger partial charge in [-0.25, -0.2) is 0 Å². The number of H-pyrrole nitrogens is 1. The van der Waals surface area contributed by atoms with Crippen LogP contribution in [0.25, 0.3) is 10.6 Å². The first-order valence-corrected chi connectivity index (χ1v) is 8.64. The molecular weight excluding hydrogens is 328 g/mol. The first-order chi connectivity index (χ1) is 11.2. The highest BCUT2D eigenvalue weighted by atomic mass is 32.1. The van der Waals surface area contributed by atoms with E-state index in [1.807, 2.05) is 36.6 Å². The van der Waals surface area contributed by atoms with E-state index >= 15 is 0 Å². The Labute approximate surface area is 140 Å². The molecule has 0 spiro atoms.